The smallest absolute Gasteiger partial charge is 0.256 e. The van der Waals surface area contributed by atoms with E-state index in [-0.39, 0.29) is 11.8 Å². The second-order valence-corrected chi connectivity index (χ2v) is 7.25. The highest BCUT2D eigenvalue weighted by atomic mass is 32.1. The fourth-order valence-electron chi connectivity index (χ4n) is 2.91. The number of amides is 1. The zero-order chi connectivity index (χ0) is 19.5. The van der Waals surface area contributed by atoms with Gasteiger partial charge in [-0.3, -0.25) is 9.78 Å². The highest BCUT2D eigenvalue weighted by Gasteiger charge is 2.21. The Hall–Kier alpha value is -3.32. The van der Waals surface area contributed by atoms with Crippen molar-refractivity contribution in [3.05, 3.63) is 71.2 Å². The molecule has 4 aromatic rings. The fraction of sp³-hybridized carbons (Fsp3) is 0.143. The van der Waals surface area contributed by atoms with Crippen molar-refractivity contribution in [3.8, 4) is 17.4 Å². The molecule has 3 aromatic heterocycles. The van der Waals surface area contributed by atoms with Crippen LogP contribution in [-0.4, -0.2) is 44.5 Å². The minimum atomic E-state index is -0.137. The number of aromatic hydroxyl groups is 1. The highest BCUT2D eigenvalue weighted by molar-refractivity contribution is 7.17. The van der Waals surface area contributed by atoms with E-state index in [0.29, 0.717) is 33.8 Å². The van der Waals surface area contributed by atoms with Crippen LogP contribution in [-0.2, 0) is 6.42 Å². The van der Waals surface area contributed by atoms with Crippen molar-refractivity contribution in [2.45, 2.75) is 6.42 Å². The van der Waals surface area contributed by atoms with Crippen LogP contribution in [0.25, 0.3) is 21.7 Å². The van der Waals surface area contributed by atoms with Crippen LogP contribution in [0.3, 0.4) is 0 Å². The van der Waals surface area contributed by atoms with Crippen LogP contribution in [0, 0.1) is 0 Å². The van der Waals surface area contributed by atoms with Gasteiger partial charge < -0.3 is 10.0 Å². The highest BCUT2D eigenvalue weighted by Crippen LogP contribution is 2.33. The predicted octanol–water partition coefficient (Wildman–Crippen LogP) is 3.77. The summed E-state index contributed by atoms with van der Waals surface area (Å²) in [5, 5.41) is 12.0. The van der Waals surface area contributed by atoms with Gasteiger partial charge in [0.25, 0.3) is 5.91 Å². The number of hydrogen-bond donors (Lipinski definition) is 1. The van der Waals surface area contributed by atoms with Crippen molar-refractivity contribution in [1.82, 2.24) is 19.9 Å². The largest absolute Gasteiger partial charge is 0.492 e. The van der Waals surface area contributed by atoms with Gasteiger partial charge in [-0.2, -0.15) is 4.98 Å². The number of aromatic nitrogens is 3. The second kappa shape index (κ2) is 7.74. The maximum absolute atomic E-state index is 13.0. The van der Waals surface area contributed by atoms with Gasteiger partial charge in [-0.05, 0) is 24.1 Å². The molecule has 0 aliphatic rings. The average molecular weight is 390 g/mol. The molecule has 0 atom stereocenters. The van der Waals surface area contributed by atoms with E-state index in [1.807, 2.05) is 36.4 Å². The molecular weight excluding hydrogens is 372 g/mol. The SMILES string of the molecule is CN(CCc1ccccc1)C(=O)c1csc2c(O)nc(-c3ccccn3)nc12. The molecule has 0 aliphatic carbocycles. The first-order valence-corrected chi connectivity index (χ1v) is 9.70. The summed E-state index contributed by atoms with van der Waals surface area (Å²) >= 11 is 1.26. The molecule has 3 heterocycles. The molecule has 7 heteroatoms. The minimum Gasteiger partial charge on any atom is -0.492 e. The number of rotatable bonds is 5. The van der Waals surface area contributed by atoms with Crippen molar-refractivity contribution in [1.29, 1.82) is 0 Å². The molecule has 28 heavy (non-hydrogen) atoms. The van der Waals surface area contributed by atoms with E-state index in [4.69, 9.17) is 0 Å². The molecule has 1 aromatic carbocycles. The van der Waals surface area contributed by atoms with Gasteiger partial charge in [0.2, 0.25) is 5.88 Å². The lowest BCUT2D eigenvalue weighted by Crippen LogP contribution is -2.28. The summed E-state index contributed by atoms with van der Waals surface area (Å²) in [6, 6.07) is 15.4. The fourth-order valence-corrected chi connectivity index (χ4v) is 3.78. The predicted molar refractivity (Wildman–Crippen MR) is 109 cm³/mol. The number of carbonyl (C=O) groups excluding carboxylic acids is 1. The third kappa shape index (κ3) is 3.57. The number of thiophene rings is 1. The maximum atomic E-state index is 13.0. The van der Waals surface area contributed by atoms with E-state index < -0.39 is 0 Å². The zero-order valence-electron chi connectivity index (χ0n) is 15.2. The average Bonchev–Trinajstić information content (AvgIpc) is 3.17. The van der Waals surface area contributed by atoms with E-state index in [1.54, 1.807) is 35.7 Å². The van der Waals surface area contributed by atoms with Gasteiger partial charge in [-0.25, -0.2) is 4.98 Å². The van der Waals surface area contributed by atoms with Crippen molar-refractivity contribution < 1.29 is 9.90 Å². The molecule has 1 N–H and O–H groups in total. The number of likely N-dealkylation sites (N-methyl/N-ethyl adjacent to an activating group) is 1. The van der Waals surface area contributed by atoms with Crippen molar-refractivity contribution in [3.63, 3.8) is 0 Å². The summed E-state index contributed by atoms with van der Waals surface area (Å²) in [4.78, 5) is 27.5. The van der Waals surface area contributed by atoms with Gasteiger partial charge in [-0.1, -0.05) is 36.4 Å². The van der Waals surface area contributed by atoms with Gasteiger partial charge in [-0.15, -0.1) is 11.3 Å². The Bertz CT molecular complexity index is 1110. The van der Waals surface area contributed by atoms with Gasteiger partial charge >= 0.3 is 0 Å². The molecule has 0 aliphatic heterocycles. The molecule has 0 fully saturated rings. The summed E-state index contributed by atoms with van der Waals surface area (Å²) in [6.07, 6.45) is 2.40. The molecule has 0 bridgehead atoms. The van der Waals surface area contributed by atoms with Crippen LogP contribution >= 0.6 is 11.3 Å². The zero-order valence-corrected chi connectivity index (χ0v) is 16.1. The standard InChI is InChI=1S/C21H18N4O2S/c1-25(12-10-14-7-3-2-4-8-14)21(27)15-13-28-18-17(15)23-19(24-20(18)26)16-9-5-6-11-22-16/h2-9,11,13H,10,12H2,1H3,(H,23,24,26). The third-order valence-electron chi connectivity index (χ3n) is 4.45. The number of carbonyl (C=O) groups is 1. The van der Waals surface area contributed by atoms with Crippen LogP contribution in [0.4, 0.5) is 0 Å². The number of pyridine rings is 1. The lowest BCUT2D eigenvalue weighted by molar-refractivity contribution is 0.0799. The molecule has 1 amide bonds. The molecule has 140 valence electrons. The summed E-state index contributed by atoms with van der Waals surface area (Å²) < 4.78 is 0.500. The number of nitrogens with zero attached hydrogens (tertiary/aromatic N) is 4. The van der Waals surface area contributed by atoms with Crippen LogP contribution in [0.15, 0.2) is 60.1 Å². The van der Waals surface area contributed by atoms with Crippen molar-refractivity contribution >= 4 is 27.5 Å². The lowest BCUT2D eigenvalue weighted by atomic mass is 10.1. The third-order valence-corrected chi connectivity index (χ3v) is 5.41. The second-order valence-electron chi connectivity index (χ2n) is 6.38. The molecular formula is C21H18N4O2S. The van der Waals surface area contributed by atoms with Gasteiger partial charge in [0.15, 0.2) is 5.82 Å². The van der Waals surface area contributed by atoms with E-state index >= 15 is 0 Å². The summed E-state index contributed by atoms with van der Waals surface area (Å²) in [5.74, 6) is 0.0267. The van der Waals surface area contributed by atoms with E-state index in [1.165, 1.54) is 16.9 Å². The van der Waals surface area contributed by atoms with Crippen molar-refractivity contribution in [2.24, 2.45) is 0 Å². The Morgan fingerprint density at radius 2 is 1.89 bits per heavy atom. The van der Waals surface area contributed by atoms with Gasteiger partial charge in [0.05, 0.1) is 5.56 Å². The Balaban J connectivity index is 1.62. The maximum Gasteiger partial charge on any atom is 0.256 e. The molecule has 0 radical (unpaired) electrons. The summed E-state index contributed by atoms with van der Waals surface area (Å²) in [5.41, 5.74) is 2.64. The molecule has 0 spiro atoms. The Morgan fingerprint density at radius 1 is 1.11 bits per heavy atom. The lowest BCUT2D eigenvalue weighted by Gasteiger charge is -2.16. The van der Waals surface area contributed by atoms with E-state index in [0.717, 1.165) is 6.42 Å². The first kappa shape index (κ1) is 18.1. The number of benzene rings is 1. The molecule has 0 saturated heterocycles. The number of fused-ring (bicyclic) bond motifs is 1. The monoisotopic (exact) mass is 390 g/mol. The Kier molecular flexibility index (Phi) is 4.99. The normalized spacial score (nSPS) is 10.9. The van der Waals surface area contributed by atoms with Gasteiger partial charge in [0, 0.05) is 25.2 Å². The summed E-state index contributed by atoms with van der Waals surface area (Å²) in [7, 11) is 1.77. The Labute approximate surface area is 166 Å². The van der Waals surface area contributed by atoms with Crippen LogP contribution in [0.5, 0.6) is 5.88 Å². The molecule has 0 saturated carbocycles. The minimum absolute atomic E-state index is 0.132. The van der Waals surface area contributed by atoms with E-state index in [2.05, 4.69) is 15.0 Å². The van der Waals surface area contributed by atoms with Crippen LogP contribution in [0.1, 0.15) is 15.9 Å². The first-order valence-electron chi connectivity index (χ1n) is 8.82. The van der Waals surface area contributed by atoms with E-state index in [9.17, 15) is 9.90 Å². The molecule has 0 unspecified atom stereocenters. The van der Waals surface area contributed by atoms with Crippen molar-refractivity contribution in [2.75, 3.05) is 13.6 Å². The quantitative estimate of drug-likeness (QED) is 0.561. The topological polar surface area (TPSA) is 79.2 Å². The molecule has 4 rings (SSSR count). The van der Waals surface area contributed by atoms with Crippen LogP contribution < -0.4 is 0 Å². The van der Waals surface area contributed by atoms with Crippen LogP contribution in [0.2, 0.25) is 0 Å². The molecule has 6 nitrogen and oxygen atoms in total. The Morgan fingerprint density at radius 3 is 2.64 bits per heavy atom. The first-order chi connectivity index (χ1) is 13.6. The summed E-state index contributed by atoms with van der Waals surface area (Å²) in [6.45, 7) is 0.588. The van der Waals surface area contributed by atoms with Gasteiger partial charge in [0.1, 0.15) is 15.9 Å². The number of hydrogen-bond acceptors (Lipinski definition) is 6.